The van der Waals surface area contributed by atoms with Crippen LogP contribution >= 0.6 is 35.0 Å². The number of nitrogens with zero attached hydrogens (tertiary/aromatic N) is 3. The van der Waals surface area contributed by atoms with Gasteiger partial charge in [0, 0.05) is 17.3 Å². The van der Waals surface area contributed by atoms with E-state index in [-0.39, 0.29) is 29.1 Å². The minimum atomic E-state index is -0.333. The quantitative estimate of drug-likeness (QED) is 0.418. The molecule has 10 heteroatoms. The molecule has 0 saturated heterocycles. The second-order valence-corrected chi connectivity index (χ2v) is 8.62. The number of thioether (sulfide) groups is 1. The van der Waals surface area contributed by atoms with Crippen LogP contribution in [0, 0.1) is 0 Å². The summed E-state index contributed by atoms with van der Waals surface area (Å²) in [6, 6.07) is 12.5. The molecule has 2 aromatic carbocycles. The van der Waals surface area contributed by atoms with Crippen LogP contribution in [-0.2, 0) is 24.3 Å². The number of benzene rings is 2. The van der Waals surface area contributed by atoms with Crippen LogP contribution in [0.15, 0.2) is 47.6 Å². The third kappa shape index (κ3) is 6.25. The van der Waals surface area contributed by atoms with Crippen molar-refractivity contribution in [2.45, 2.75) is 38.5 Å². The summed E-state index contributed by atoms with van der Waals surface area (Å²) >= 11 is 13.3. The summed E-state index contributed by atoms with van der Waals surface area (Å²) in [4.78, 5) is 24.7. The summed E-state index contributed by atoms with van der Waals surface area (Å²) in [6.07, 6.45) is 0.951. The van der Waals surface area contributed by atoms with Gasteiger partial charge in [0.15, 0.2) is 11.0 Å². The van der Waals surface area contributed by atoms with E-state index in [1.165, 1.54) is 23.4 Å². The first-order chi connectivity index (χ1) is 15.4. The zero-order chi connectivity index (χ0) is 23.1. The van der Waals surface area contributed by atoms with E-state index in [1.807, 2.05) is 35.8 Å². The highest BCUT2D eigenvalue weighted by molar-refractivity contribution is 7.99. The number of nitrogens with one attached hydrogen (secondary N) is 2. The molecule has 0 unspecified atom stereocenters. The normalized spacial score (nSPS) is 10.8. The van der Waals surface area contributed by atoms with Crippen LogP contribution in [0.2, 0.25) is 10.0 Å². The second kappa shape index (κ2) is 11.4. The lowest BCUT2D eigenvalue weighted by atomic mass is 10.1. The van der Waals surface area contributed by atoms with Crippen LogP contribution < -0.4 is 10.6 Å². The fourth-order valence-corrected chi connectivity index (χ4v) is 4.27. The zero-order valence-electron chi connectivity index (χ0n) is 17.7. The molecule has 0 fully saturated rings. The van der Waals surface area contributed by atoms with Crippen LogP contribution in [0.25, 0.3) is 0 Å². The van der Waals surface area contributed by atoms with Gasteiger partial charge in [-0.15, -0.1) is 10.2 Å². The Hall–Kier alpha value is -2.55. The molecule has 3 rings (SSSR count). The highest BCUT2D eigenvalue weighted by Gasteiger charge is 2.16. The molecule has 0 saturated carbocycles. The van der Waals surface area contributed by atoms with Crippen LogP contribution in [0.3, 0.4) is 0 Å². The molecule has 2 N–H and O–H groups in total. The Bertz CT molecular complexity index is 1100. The van der Waals surface area contributed by atoms with Crippen LogP contribution in [0.5, 0.6) is 0 Å². The molecule has 0 spiro atoms. The van der Waals surface area contributed by atoms with Crippen molar-refractivity contribution in [1.29, 1.82) is 0 Å². The van der Waals surface area contributed by atoms with Crippen molar-refractivity contribution in [3.8, 4) is 0 Å². The summed E-state index contributed by atoms with van der Waals surface area (Å²) in [6.45, 7) is 4.81. The Balaban J connectivity index is 1.56. The Morgan fingerprint density at radius 1 is 1.06 bits per heavy atom. The fraction of sp³-hybridized carbons (Fsp3) is 0.273. The standard InChI is InChI=1S/C22H23Cl2N5O2S/c1-3-14-5-8-16(9-6-14)26-20(30)13-32-22-28-27-19(29(22)4-2)12-25-21(31)17-10-7-15(23)11-18(17)24/h5-11H,3-4,12-13H2,1-2H3,(H,25,31)(H,26,30). The third-order valence-electron chi connectivity index (χ3n) is 4.67. The maximum Gasteiger partial charge on any atom is 0.253 e. The molecule has 7 nitrogen and oxygen atoms in total. The van der Waals surface area contributed by atoms with Crippen molar-refractivity contribution >= 4 is 52.5 Å². The number of anilines is 1. The Labute approximate surface area is 200 Å². The van der Waals surface area contributed by atoms with Crippen molar-refractivity contribution in [2.24, 2.45) is 0 Å². The van der Waals surface area contributed by atoms with E-state index in [9.17, 15) is 9.59 Å². The van der Waals surface area contributed by atoms with Crippen LogP contribution in [-0.4, -0.2) is 32.3 Å². The van der Waals surface area contributed by atoms with Gasteiger partial charge in [-0.25, -0.2) is 0 Å². The molecule has 0 aliphatic heterocycles. The molecule has 1 heterocycles. The minimum Gasteiger partial charge on any atom is -0.345 e. The molecule has 168 valence electrons. The van der Waals surface area contributed by atoms with Gasteiger partial charge in [-0.1, -0.05) is 54.0 Å². The van der Waals surface area contributed by atoms with Crippen molar-refractivity contribution in [1.82, 2.24) is 20.1 Å². The number of aromatic nitrogens is 3. The van der Waals surface area contributed by atoms with Gasteiger partial charge in [0.05, 0.1) is 22.9 Å². The smallest absolute Gasteiger partial charge is 0.253 e. The SMILES string of the molecule is CCc1ccc(NC(=O)CSc2nnc(CNC(=O)c3ccc(Cl)cc3Cl)n2CC)cc1. The maximum atomic E-state index is 12.4. The number of hydrogen-bond acceptors (Lipinski definition) is 5. The maximum absolute atomic E-state index is 12.4. The fourth-order valence-electron chi connectivity index (χ4n) is 2.95. The van der Waals surface area contributed by atoms with Gasteiger partial charge in [-0.05, 0) is 49.2 Å². The van der Waals surface area contributed by atoms with Gasteiger partial charge >= 0.3 is 0 Å². The lowest BCUT2D eigenvalue weighted by Crippen LogP contribution is -2.25. The third-order valence-corrected chi connectivity index (χ3v) is 6.19. The molecule has 0 atom stereocenters. The Morgan fingerprint density at radius 2 is 1.81 bits per heavy atom. The molecule has 2 amide bonds. The summed E-state index contributed by atoms with van der Waals surface area (Å²) < 4.78 is 1.86. The minimum absolute atomic E-state index is 0.128. The summed E-state index contributed by atoms with van der Waals surface area (Å²) in [5.74, 6) is 0.321. The number of rotatable bonds is 9. The molecule has 32 heavy (non-hydrogen) atoms. The highest BCUT2D eigenvalue weighted by Crippen LogP contribution is 2.21. The van der Waals surface area contributed by atoms with E-state index >= 15 is 0 Å². The highest BCUT2D eigenvalue weighted by atomic mass is 35.5. The van der Waals surface area contributed by atoms with E-state index in [4.69, 9.17) is 23.2 Å². The average molecular weight is 492 g/mol. The first-order valence-corrected chi connectivity index (χ1v) is 11.8. The van der Waals surface area contributed by atoms with Crippen LogP contribution in [0.1, 0.15) is 35.6 Å². The number of carbonyl (C=O) groups is 2. The molecule has 1 aromatic heterocycles. The Kier molecular flexibility index (Phi) is 8.55. The van der Waals surface area contributed by atoms with E-state index in [0.29, 0.717) is 28.1 Å². The van der Waals surface area contributed by atoms with Gasteiger partial charge < -0.3 is 15.2 Å². The summed E-state index contributed by atoms with van der Waals surface area (Å²) in [5, 5.41) is 15.3. The van der Waals surface area contributed by atoms with Gasteiger partial charge in [0.25, 0.3) is 5.91 Å². The lowest BCUT2D eigenvalue weighted by Gasteiger charge is -2.09. The van der Waals surface area contributed by atoms with Gasteiger partial charge in [-0.2, -0.15) is 0 Å². The number of carbonyl (C=O) groups excluding carboxylic acids is 2. The topological polar surface area (TPSA) is 88.9 Å². The molecule has 0 radical (unpaired) electrons. The van der Waals surface area contributed by atoms with Gasteiger partial charge in [0.1, 0.15) is 0 Å². The molecular weight excluding hydrogens is 469 g/mol. The Morgan fingerprint density at radius 3 is 2.47 bits per heavy atom. The molecule has 0 aliphatic rings. The monoisotopic (exact) mass is 491 g/mol. The number of aryl methyl sites for hydroxylation is 1. The largest absolute Gasteiger partial charge is 0.345 e. The lowest BCUT2D eigenvalue weighted by molar-refractivity contribution is -0.113. The van der Waals surface area contributed by atoms with E-state index < -0.39 is 0 Å². The molecule has 3 aromatic rings. The van der Waals surface area contributed by atoms with Gasteiger partial charge in [0.2, 0.25) is 5.91 Å². The van der Waals surface area contributed by atoms with E-state index in [0.717, 1.165) is 12.1 Å². The second-order valence-electron chi connectivity index (χ2n) is 6.84. The predicted octanol–water partition coefficient (Wildman–Crippen LogP) is 4.83. The number of amides is 2. The van der Waals surface area contributed by atoms with Crippen molar-refractivity contribution in [2.75, 3.05) is 11.1 Å². The first kappa shape index (κ1) is 24.1. The van der Waals surface area contributed by atoms with Crippen molar-refractivity contribution < 1.29 is 9.59 Å². The predicted molar refractivity (Wildman–Crippen MR) is 129 cm³/mol. The van der Waals surface area contributed by atoms with Crippen molar-refractivity contribution in [3.05, 3.63) is 69.5 Å². The molecule has 0 bridgehead atoms. The van der Waals surface area contributed by atoms with E-state index in [1.54, 1.807) is 12.1 Å². The zero-order valence-corrected chi connectivity index (χ0v) is 20.0. The van der Waals surface area contributed by atoms with Crippen molar-refractivity contribution in [3.63, 3.8) is 0 Å². The first-order valence-electron chi connectivity index (χ1n) is 10.1. The van der Waals surface area contributed by atoms with Gasteiger partial charge in [-0.3, -0.25) is 9.59 Å². The summed E-state index contributed by atoms with van der Waals surface area (Å²) in [5.41, 5.74) is 2.30. The summed E-state index contributed by atoms with van der Waals surface area (Å²) in [7, 11) is 0. The van der Waals surface area contributed by atoms with E-state index in [2.05, 4.69) is 27.8 Å². The number of hydrogen-bond donors (Lipinski definition) is 2. The number of halogens is 2. The van der Waals surface area contributed by atoms with Crippen LogP contribution in [0.4, 0.5) is 5.69 Å². The molecular formula is C22H23Cl2N5O2S. The molecule has 0 aliphatic carbocycles. The average Bonchev–Trinajstić information content (AvgIpc) is 3.18.